The molecule has 0 spiro atoms. The van der Waals surface area contributed by atoms with E-state index in [1.165, 1.54) is 95.4 Å². The van der Waals surface area contributed by atoms with Gasteiger partial charge >= 0.3 is 18.0 Å². The van der Waals surface area contributed by atoms with E-state index in [0.717, 1.165) is 152 Å². The molecule has 0 radical (unpaired) electrons. The van der Waals surface area contributed by atoms with Gasteiger partial charge < -0.3 is 87.3 Å². The van der Waals surface area contributed by atoms with Gasteiger partial charge in [-0.05, 0) is 175 Å². The molecule has 10 aliphatic rings. The lowest BCUT2D eigenvalue weighted by Crippen LogP contribution is -2.57. The maximum absolute atomic E-state index is 12.6. The Morgan fingerprint density at radius 1 is 0.419 bits per heavy atom. The van der Waals surface area contributed by atoms with Crippen molar-refractivity contribution in [1.82, 2.24) is 59.3 Å². The van der Waals surface area contributed by atoms with Crippen LogP contribution in [0.2, 0.25) is 0 Å². The fourth-order valence-electron chi connectivity index (χ4n) is 20.4. The summed E-state index contributed by atoms with van der Waals surface area (Å²) in [5, 5.41) is 7.26. The van der Waals surface area contributed by atoms with Crippen LogP contribution in [-0.2, 0) is 58.0 Å². The van der Waals surface area contributed by atoms with Gasteiger partial charge in [0, 0.05) is 160 Å². The molecule has 6 aromatic carbocycles. The van der Waals surface area contributed by atoms with E-state index in [1.807, 2.05) is 11.0 Å². The summed E-state index contributed by atoms with van der Waals surface area (Å²) >= 11 is 0. The molecule has 12 heterocycles. The van der Waals surface area contributed by atoms with E-state index in [-0.39, 0.29) is 62.4 Å². The highest BCUT2D eigenvalue weighted by atomic mass is 32.1. The number of methoxy groups -OCH3 is 2. The number of carbonyl (C=O) groups is 3. The van der Waals surface area contributed by atoms with Crippen LogP contribution < -0.4 is 48.3 Å². The third kappa shape index (κ3) is 20.4. The van der Waals surface area contributed by atoms with Crippen LogP contribution in [0, 0.1) is 19.1 Å². The van der Waals surface area contributed by atoms with Gasteiger partial charge in [-0.2, -0.15) is 43.4 Å². The molecule has 6 saturated heterocycles. The number of likely N-dealkylation sites (tertiary alicyclic amines) is 3. The van der Waals surface area contributed by atoms with Gasteiger partial charge in [0.05, 0.1) is 56.5 Å². The van der Waals surface area contributed by atoms with Gasteiger partial charge in [-0.3, -0.25) is 19.3 Å². The van der Waals surface area contributed by atoms with Gasteiger partial charge in [0.1, 0.15) is 55.1 Å². The third-order valence-corrected chi connectivity index (χ3v) is 27.6. The predicted molar refractivity (Wildman–Crippen MR) is 513 cm³/mol. The van der Waals surface area contributed by atoms with Crippen molar-refractivity contribution in [3.8, 4) is 23.8 Å². The second-order valence-corrected chi connectivity index (χ2v) is 35.5. The predicted octanol–water partition coefficient (Wildman–Crippen LogP) is 12.0. The SMILES string of the molecule is C=CC(=O)N1CCN(c2nc(OC[C@@H]3CCCN3C)nc3c2CCN(c2cccc4ccccc24)C3)CC1COC.S.[C-]#[N+]CC1CN(c2nc(OC[C@@H]3CCCN3C)nc3c2CCN(c2cccc4ccc(OC)cc24)C3)CCN1C(=O)C=C.[C-]#[N+]CC1CN(c2nc(OC[C@@H]3CCCN3CC3CC3)nc3c2CCN(c2cccc4ccccc24)C3)CCN1C(=O)C=C. The molecule has 29 heteroatoms. The molecule has 7 fully saturated rings. The van der Waals surface area contributed by atoms with Gasteiger partial charge in [-0.15, -0.1) is 0 Å². The first-order chi connectivity index (χ1) is 62.6. The molecule has 0 bridgehead atoms. The summed E-state index contributed by atoms with van der Waals surface area (Å²) < 4.78 is 30.1. The van der Waals surface area contributed by atoms with Gasteiger partial charge in [0.15, 0.2) is 0 Å². The Morgan fingerprint density at radius 2 is 0.806 bits per heavy atom. The Kier molecular flexibility index (Phi) is 29.3. The highest BCUT2D eigenvalue weighted by Gasteiger charge is 2.41. The summed E-state index contributed by atoms with van der Waals surface area (Å²) in [5.41, 5.74) is 9.98. The van der Waals surface area contributed by atoms with E-state index in [0.29, 0.717) is 141 Å². The number of hydrogen-bond donors (Lipinski definition) is 0. The molecule has 6 atom stereocenters. The van der Waals surface area contributed by atoms with Crippen LogP contribution in [0.15, 0.2) is 159 Å². The first-order valence-corrected chi connectivity index (χ1v) is 45.8. The largest absolute Gasteiger partial charge is 0.497 e. The number of carbonyl (C=O) groups excluding carboxylic acids is 3. The molecule has 19 rings (SSSR count). The average molecular weight is 1760 g/mol. The van der Waals surface area contributed by atoms with Crippen LogP contribution in [0.25, 0.3) is 42.0 Å². The van der Waals surface area contributed by atoms with Crippen molar-refractivity contribution in [1.29, 1.82) is 0 Å². The van der Waals surface area contributed by atoms with E-state index in [9.17, 15) is 14.4 Å². The monoisotopic (exact) mass is 1760 g/mol. The fraction of sp³-hybridized carbons (Fsp3) is 0.470. The van der Waals surface area contributed by atoms with E-state index in [2.05, 4.69) is 203 Å². The number of amides is 3. The lowest BCUT2D eigenvalue weighted by atomic mass is 10.0. The Bertz CT molecular complexity index is 5620. The molecule has 676 valence electrons. The first-order valence-electron chi connectivity index (χ1n) is 45.8. The number of hydrogen-bond acceptors (Lipinski definition) is 23. The lowest BCUT2D eigenvalue weighted by molar-refractivity contribution is -0.130. The van der Waals surface area contributed by atoms with Crippen LogP contribution in [-0.4, -0.2) is 286 Å². The quantitative estimate of drug-likeness (QED) is 0.0383. The number of ether oxygens (including phenoxy) is 5. The minimum Gasteiger partial charge on any atom is -0.497 e. The maximum atomic E-state index is 12.6. The molecule has 9 aromatic rings. The first kappa shape index (κ1) is 90.5. The number of aromatic nitrogens is 6. The Morgan fingerprint density at radius 3 is 1.21 bits per heavy atom. The van der Waals surface area contributed by atoms with Crippen molar-refractivity contribution in [3.63, 3.8) is 0 Å². The van der Waals surface area contributed by atoms with Gasteiger partial charge in [0.2, 0.25) is 30.8 Å². The van der Waals surface area contributed by atoms with Crippen LogP contribution in [0.3, 0.4) is 0 Å². The average Bonchev–Trinajstić information content (AvgIpc) is 1.41. The van der Waals surface area contributed by atoms with Crippen LogP contribution >= 0.6 is 13.5 Å². The van der Waals surface area contributed by atoms with Crippen molar-refractivity contribution in [2.45, 2.75) is 127 Å². The molecular formula is C100H122N20O8S. The van der Waals surface area contributed by atoms with Crippen LogP contribution in [0.4, 0.5) is 34.5 Å². The molecule has 3 amide bonds. The second-order valence-electron chi connectivity index (χ2n) is 35.5. The zero-order chi connectivity index (χ0) is 88.3. The van der Waals surface area contributed by atoms with Crippen molar-refractivity contribution in [2.75, 3.05) is 202 Å². The minimum atomic E-state index is -0.232. The van der Waals surface area contributed by atoms with Crippen molar-refractivity contribution < 1.29 is 38.1 Å². The van der Waals surface area contributed by atoms with E-state index < -0.39 is 0 Å². The van der Waals surface area contributed by atoms with Crippen molar-refractivity contribution >= 4 is 98.1 Å². The van der Waals surface area contributed by atoms with E-state index >= 15 is 0 Å². The summed E-state index contributed by atoms with van der Waals surface area (Å²) in [5.74, 6) is 4.05. The van der Waals surface area contributed by atoms with Crippen molar-refractivity contribution in [3.05, 3.63) is 216 Å². The molecule has 28 nitrogen and oxygen atoms in total. The summed E-state index contributed by atoms with van der Waals surface area (Å²) in [6, 6.07) is 44.5. The minimum absolute atomic E-state index is 0. The number of rotatable bonds is 25. The van der Waals surface area contributed by atoms with Crippen LogP contribution in [0.5, 0.6) is 23.8 Å². The Hall–Kier alpha value is -11.9. The summed E-state index contributed by atoms with van der Waals surface area (Å²) in [6.07, 6.45) is 16.2. The molecule has 9 aliphatic heterocycles. The second kappa shape index (κ2) is 41.7. The van der Waals surface area contributed by atoms with Gasteiger partial charge in [-0.25, -0.2) is 13.1 Å². The zero-order valence-corrected chi connectivity index (χ0v) is 76.1. The number of likely N-dealkylation sites (N-methyl/N-ethyl adjacent to an activating group) is 2. The fourth-order valence-corrected chi connectivity index (χ4v) is 20.4. The van der Waals surface area contributed by atoms with Gasteiger partial charge in [-0.1, -0.05) is 111 Å². The van der Waals surface area contributed by atoms with Crippen LogP contribution in [0.1, 0.15) is 85.1 Å². The Labute approximate surface area is 765 Å². The molecule has 1 saturated carbocycles. The number of anilines is 6. The summed E-state index contributed by atoms with van der Waals surface area (Å²) in [6.45, 7) is 43.0. The van der Waals surface area contributed by atoms with E-state index in [4.69, 9.17) is 66.7 Å². The molecule has 129 heavy (non-hydrogen) atoms. The standard InChI is InChI=1S/C35H41N7O2.C33H39N7O3.C32H40N6O3.H2S/c1-3-33(43)42-19-18-41(22-28(42)20-36-2)34-30-15-17-40(32-12-6-9-26-8-4-5-11-29(26)32)23-31(30)37-35(38-34)44-24-27-10-7-16-39(27)21-25-13-14-25;1-5-31(41)40-17-16-39(20-25(40)19-34-2)32-27-13-15-38(30-10-6-8-23-11-12-26(42-4)18-28(23)30)21-29(27)35-33(36-32)43-22-24-9-7-14-37(24)3;1-4-30(39)38-18-17-37(19-25(38)21-40-3)31-27-14-16-36(29-13-7-10-23-9-5-6-12-26(23)29)20-28(27)33-32(34-31)41-22-24-11-8-15-35(24)2;/h3-6,8-9,11-12,25,27-28H,1,7,10,13-24H2;5-6,8,10-12,18,24-25H,1,7,9,13-17,19-22H2,3-4H3;4-7,9-10,12-13,24-25H,1,8,11,14-22H2,2-3H3;1H2/t27-,28?;2*24-,25?;/m000./s1. The van der Waals surface area contributed by atoms with E-state index in [1.54, 1.807) is 24.0 Å². The van der Waals surface area contributed by atoms with Crippen molar-refractivity contribution in [2.24, 2.45) is 5.92 Å². The molecule has 3 unspecified atom stereocenters. The highest BCUT2D eigenvalue weighted by Crippen LogP contribution is 2.42. The number of fused-ring (bicyclic) bond motifs is 6. The third-order valence-electron chi connectivity index (χ3n) is 27.6. The number of benzene rings is 6. The number of nitrogens with zero attached hydrogens (tertiary/aromatic N) is 20. The lowest BCUT2D eigenvalue weighted by Gasteiger charge is -2.42. The maximum Gasteiger partial charge on any atom is 0.318 e. The molecular weight excluding hydrogens is 1640 g/mol. The summed E-state index contributed by atoms with van der Waals surface area (Å²) in [7, 11) is 7.66. The molecule has 3 aromatic heterocycles. The topological polar surface area (TPSA) is 222 Å². The molecule has 0 N–H and O–H groups in total. The normalized spacial score (nSPS) is 21.1. The summed E-state index contributed by atoms with van der Waals surface area (Å²) in [4.78, 5) is 102. The highest BCUT2D eigenvalue weighted by molar-refractivity contribution is 7.59. The van der Waals surface area contributed by atoms with Gasteiger partial charge in [0.25, 0.3) is 0 Å². The number of piperazine rings is 3. The molecule has 1 aliphatic carbocycles. The smallest absolute Gasteiger partial charge is 0.318 e. The Balaban J connectivity index is 0.000000141. The zero-order valence-electron chi connectivity index (χ0n) is 75.1.